The molecule has 4 nitrogen and oxygen atoms in total. The van der Waals surface area contributed by atoms with E-state index < -0.39 is 0 Å². The zero-order valence-corrected chi connectivity index (χ0v) is 7.85. The minimum Gasteiger partial charge on any atom is -0.397 e. The second kappa shape index (κ2) is 2.70. The summed E-state index contributed by atoms with van der Waals surface area (Å²) < 4.78 is 2.03. The highest BCUT2D eigenvalue weighted by Crippen LogP contribution is 2.32. The Morgan fingerprint density at radius 3 is 2.93 bits per heavy atom. The van der Waals surface area contributed by atoms with Gasteiger partial charge in [-0.15, -0.1) is 0 Å². The summed E-state index contributed by atoms with van der Waals surface area (Å²) in [7, 11) is 0. The van der Waals surface area contributed by atoms with Gasteiger partial charge in [0.25, 0.3) is 0 Å². The highest BCUT2D eigenvalue weighted by atomic mass is 15.3. The summed E-state index contributed by atoms with van der Waals surface area (Å²) >= 11 is 0. The first-order valence-corrected chi connectivity index (χ1v) is 4.93. The lowest BCUT2D eigenvalue weighted by atomic mass is 9.93. The van der Waals surface area contributed by atoms with Gasteiger partial charge >= 0.3 is 0 Å². The first kappa shape index (κ1) is 7.79. The molecule has 0 bridgehead atoms. The van der Waals surface area contributed by atoms with Crippen molar-refractivity contribution in [3.8, 4) is 0 Å². The Morgan fingerprint density at radius 1 is 1.36 bits per heavy atom. The molecule has 3 rings (SSSR count). The van der Waals surface area contributed by atoms with E-state index in [0.717, 1.165) is 11.0 Å². The number of hydrogen-bond acceptors (Lipinski definition) is 3. The summed E-state index contributed by atoms with van der Waals surface area (Å²) in [6.45, 7) is 0. The van der Waals surface area contributed by atoms with Gasteiger partial charge < -0.3 is 5.73 Å². The SMILES string of the molecule is Nc1cnc2c(cnn2C2CCC2)c1. The van der Waals surface area contributed by atoms with Crippen LogP contribution in [0.2, 0.25) is 0 Å². The highest BCUT2D eigenvalue weighted by Gasteiger charge is 2.22. The maximum atomic E-state index is 5.66. The molecule has 1 aliphatic carbocycles. The van der Waals surface area contributed by atoms with Crippen molar-refractivity contribution in [2.24, 2.45) is 0 Å². The van der Waals surface area contributed by atoms with Crippen molar-refractivity contribution in [3.05, 3.63) is 18.5 Å². The fraction of sp³-hybridized carbons (Fsp3) is 0.400. The number of pyridine rings is 1. The molecule has 1 saturated carbocycles. The number of rotatable bonds is 1. The van der Waals surface area contributed by atoms with Crippen LogP contribution in [0.4, 0.5) is 5.69 Å². The van der Waals surface area contributed by atoms with Gasteiger partial charge in [-0.2, -0.15) is 5.10 Å². The summed E-state index contributed by atoms with van der Waals surface area (Å²) in [5, 5.41) is 5.40. The maximum absolute atomic E-state index is 5.66. The average Bonchev–Trinajstić information content (AvgIpc) is 2.45. The molecule has 0 amide bonds. The molecule has 4 heteroatoms. The summed E-state index contributed by atoms with van der Waals surface area (Å²) in [6.07, 6.45) is 7.29. The van der Waals surface area contributed by atoms with Crippen LogP contribution in [0.3, 0.4) is 0 Å². The Bertz CT molecular complexity index is 470. The number of nitrogens with two attached hydrogens (primary N) is 1. The van der Waals surface area contributed by atoms with E-state index in [0.29, 0.717) is 11.7 Å². The van der Waals surface area contributed by atoms with Crippen LogP contribution < -0.4 is 5.73 Å². The van der Waals surface area contributed by atoms with E-state index in [-0.39, 0.29) is 0 Å². The quantitative estimate of drug-likeness (QED) is 0.741. The number of aromatic nitrogens is 3. The van der Waals surface area contributed by atoms with E-state index in [4.69, 9.17) is 5.73 Å². The first-order chi connectivity index (χ1) is 6.84. The Hall–Kier alpha value is -1.58. The van der Waals surface area contributed by atoms with Crippen LogP contribution in [0.5, 0.6) is 0 Å². The average molecular weight is 188 g/mol. The van der Waals surface area contributed by atoms with Gasteiger partial charge in [0, 0.05) is 5.39 Å². The van der Waals surface area contributed by atoms with E-state index in [1.807, 2.05) is 16.9 Å². The number of nitrogen functional groups attached to an aromatic ring is 1. The topological polar surface area (TPSA) is 56.7 Å². The zero-order chi connectivity index (χ0) is 9.54. The third-order valence-corrected chi connectivity index (χ3v) is 2.88. The van der Waals surface area contributed by atoms with Gasteiger partial charge in [0.1, 0.15) is 0 Å². The third kappa shape index (κ3) is 0.999. The van der Waals surface area contributed by atoms with Gasteiger partial charge in [-0.1, -0.05) is 0 Å². The molecule has 0 aliphatic heterocycles. The molecule has 0 spiro atoms. The van der Waals surface area contributed by atoms with E-state index in [1.165, 1.54) is 19.3 Å². The van der Waals surface area contributed by atoms with Gasteiger partial charge in [0.2, 0.25) is 0 Å². The molecule has 0 radical (unpaired) electrons. The Kier molecular flexibility index (Phi) is 1.50. The maximum Gasteiger partial charge on any atom is 0.158 e. The van der Waals surface area contributed by atoms with Gasteiger partial charge in [-0.3, -0.25) is 0 Å². The van der Waals surface area contributed by atoms with Gasteiger partial charge in [-0.25, -0.2) is 9.67 Å². The standard InChI is InChI=1S/C10H12N4/c11-8-4-7-5-13-14(9-2-1-3-9)10(7)12-6-8/h4-6,9H,1-3,11H2. The van der Waals surface area contributed by atoms with Crippen molar-refractivity contribution in [1.82, 2.24) is 14.8 Å². The van der Waals surface area contributed by atoms with Gasteiger partial charge in [0.15, 0.2) is 5.65 Å². The van der Waals surface area contributed by atoms with E-state index in [2.05, 4.69) is 10.1 Å². The molecule has 0 aromatic carbocycles. The normalized spacial score (nSPS) is 17.1. The van der Waals surface area contributed by atoms with Crippen LogP contribution in [0, 0.1) is 0 Å². The third-order valence-electron chi connectivity index (χ3n) is 2.88. The second-order valence-electron chi connectivity index (χ2n) is 3.86. The fourth-order valence-electron chi connectivity index (χ4n) is 1.86. The lowest BCUT2D eigenvalue weighted by Crippen LogP contribution is -2.18. The monoisotopic (exact) mass is 188 g/mol. The number of hydrogen-bond donors (Lipinski definition) is 1. The van der Waals surface area contributed by atoms with Crippen LogP contribution in [0.25, 0.3) is 11.0 Å². The summed E-state index contributed by atoms with van der Waals surface area (Å²) in [5.41, 5.74) is 7.32. The number of nitrogens with zero attached hydrogens (tertiary/aromatic N) is 3. The van der Waals surface area contributed by atoms with Crippen molar-refractivity contribution in [3.63, 3.8) is 0 Å². The largest absolute Gasteiger partial charge is 0.397 e. The predicted molar refractivity (Wildman–Crippen MR) is 54.8 cm³/mol. The van der Waals surface area contributed by atoms with Crippen molar-refractivity contribution >= 4 is 16.7 Å². The Balaban J connectivity index is 2.16. The van der Waals surface area contributed by atoms with Crippen molar-refractivity contribution < 1.29 is 0 Å². The molecule has 2 N–H and O–H groups in total. The minimum atomic E-state index is 0.559. The molecular formula is C10H12N4. The summed E-state index contributed by atoms with van der Waals surface area (Å²) in [6, 6.07) is 2.48. The van der Waals surface area contributed by atoms with Crippen LogP contribution in [-0.2, 0) is 0 Å². The molecule has 2 heterocycles. The Morgan fingerprint density at radius 2 is 2.21 bits per heavy atom. The molecule has 72 valence electrons. The molecule has 1 aliphatic rings. The fourth-order valence-corrected chi connectivity index (χ4v) is 1.86. The van der Waals surface area contributed by atoms with Crippen molar-refractivity contribution in [2.45, 2.75) is 25.3 Å². The second-order valence-corrected chi connectivity index (χ2v) is 3.86. The molecule has 2 aromatic rings. The van der Waals surface area contributed by atoms with Crippen LogP contribution in [0.1, 0.15) is 25.3 Å². The van der Waals surface area contributed by atoms with E-state index in [9.17, 15) is 0 Å². The predicted octanol–water partition coefficient (Wildman–Crippen LogP) is 1.74. The minimum absolute atomic E-state index is 0.559. The molecule has 0 saturated heterocycles. The lowest BCUT2D eigenvalue weighted by molar-refractivity contribution is 0.296. The zero-order valence-electron chi connectivity index (χ0n) is 7.85. The molecule has 0 unspecified atom stereocenters. The van der Waals surface area contributed by atoms with E-state index >= 15 is 0 Å². The van der Waals surface area contributed by atoms with Crippen molar-refractivity contribution in [2.75, 3.05) is 5.73 Å². The first-order valence-electron chi connectivity index (χ1n) is 4.93. The number of fused-ring (bicyclic) bond motifs is 1. The number of anilines is 1. The summed E-state index contributed by atoms with van der Waals surface area (Å²) in [4.78, 5) is 4.32. The summed E-state index contributed by atoms with van der Waals surface area (Å²) in [5.74, 6) is 0. The highest BCUT2D eigenvalue weighted by molar-refractivity contribution is 5.77. The smallest absolute Gasteiger partial charge is 0.158 e. The molecule has 14 heavy (non-hydrogen) atoms. The Labute approximate surface area is 81.7 Å². The van der Waals surface area contributed by atoms with Crippen LogP contribution >= 0.6 is 0 Å². The molecule has 1 fully saturated rings. The van der Waals surface area contributed by atoms with Crippen LogP contribution in [0.15, 0.2) is 18.5 Å². The molecule has 0 atom stereocenters. The van der Waals surface area contributed by atoms with Gasteiger partial charge in [-0.05, 0) is 25.3 Å². The van der Waals surface area contributed by atoms with Crippen LogP contribution in [-0.4, -0.2) is 14.8 Å². The van der Waals surface area contributed by atoms with Crippen molar-refractivity contribution in [1.29, 1.82) is 0 Å². The molecular weight excluding hydrogens is 176 g/mol. The van der Waals surface area contributed by atoms with Gasteiger partial charge in [0.05, 0.1) is 24.1 Å². The molecule has 2 aromatic heterocycles. The van der Waals surface area contributed by atoms with E-state index in [1.54, 1.807) is 6.20 Å². The lowest BCUT2D eigenvalue weighted by Gasteiger charge is -2.25.